The number of carbonyl (C=O) groups is 2. The summed E-state index contributed by atoms with van der Waals surface area (Å²) >= 11 is 0. The maximum atomic E-state index is 12.1. The molecule has 0 atom stereocenters. The number of ether oxygens (including phenoxy) is 1. The second-order valence-corrected chi connectivity index (χ2v) is 7.24. The zero-order valence-corrected chi connectivity index (χ0v) is 15.8. The molecule has 0 spiro atoms. The Hall–Kier alpha value is -2.82. The summed E-state index contributed by atoms with van der Waals surface area (Å²) in [7, 11) is 0. The third-order valence-electron chi connectivity index (χ3n) is 3.92. The fourth-order valence-electron chi connectivity index (χ4n) is 2.35. The lowest BCUT2D eigenvalue weighted by Crippen LogP contribution is -2.42. The van der Waals surface area contributed by atoms with Gasteiger partial charge >= 0.3 is 0 Å². The van der Waals surface area contributed by atoms with E-state index in [2.05, 4.69) is 31.6 Å². The Labute approximate surface area is 154 Å². The van der Waals surface area contributed by atoms with Crippen molar-refractivity contribution in [3.63, 3.8) is 0 Å². The smallest absolute Gasteiger partial charge is 0.269 e. The zero-order valence-electron chi connectivity index (χ0n) is 15.8. The minimum Gasteiger partial charge on any atom is -0.493 e. The van der Waals surface area contributed by atoms with Crippen LogP contribution in [-0.2, 0) is 10.2 Å². The zero-order chi connectivity index (χ0) is 19.2. The van der Waals surface area contributed by atoms with Crippen molar-refractivity contribution in [1.29, 1.82) is 0 Å². The molecular formula is C21H26N2O3. The summed E-state index contributed by atoms with van der Waals surface area (Å²) in [6.07, 6.45) is 0.150. The van der Waals surface area contributed by atoms with E-state index in [1.165, 1.54) is 0 Å². The summed E-state index contributed by atoms with van der Waals surface area (Å²) in [5.74, 6) is 0.0662. The van der Waals surface area contributed by atoms with Crippen molar-refractivity contribution < 1.29 is 14.3 Å². The Morgan fingerprint density at radius 2 is 1.69 bits per heavy atom. The van der Waals surface area contributed by atoms with Crippen LogP contribution >= 0.6 is 0 Å². The number of hydrogen-bond acceptors (Lipinski definition) is 3. The molecule has 0 bridgehead atoms. The van der Waals surface area contributed by atoms with Crippen molar-refractivity contribution in [3.05, 3.63) is 65.2 Å². The van der Waals surface area contributed by atoms with Gasteiger partial charge in [-0.25, -0.2) is 0 Å². The molecule has 138 valence electrons. The molecular weight excluding hydrogens is 328 g/mol. The van der Waals surface area contributed by atoms with E-state index in [9.17, 15) is 9.59 Å². The molecule has 0 aliphatic rings. The minimum absolute atomic E-state index is 0.0283. The van der Waals surface area contributed by atoms with Gasteiger partial charge in [-0.2, -0.15) is 0 Å². The van der Waals surface area contributed by atoms with Crippen molar-refractivity contribution >= 4 is 11.8 Å². The van der Waals surface area contributed by atoms with E-state index in [1.54, 1.807) is 12.1 Å². The second kappa shape index (κ2) is 8.52. The summed E-state index contributed by atoms with van der Waals surface area (Å²) in [5.41, 5.74) is 7.59. The van der Waals surface area contributed by atoms with Gasteiger partial charge in [-0.15, -0.1) is 0 Å². The van der Waals surface area contributed by atoms with Crippen molar-refractivity contribution in [2.24, 2.45) is 0 Å². The molecule has 2 rings (SSSR count). The van der Waals surface area contributed by atoms with Gasteiger partial charge in [0.25, 0.3) is 5.91 Å². The van der Waals surface area contributed by atoms with Crippen LogP contribution in [0.1, 0.15) is 48.7 Å². The first-order chi connectivity index (χ1) is 12.3. The van der Waals surface area contributed by atoms with E-state index >= 15 is 0 Å². The predicted molar refractivity (Wildman–Crippen MR) is 102 cm³/mol. The van der Waals surface area contributed by atoms with Crippen molar-refractivity contribution in [3.8, 4) is 5.75 Å². The van der Waals surface area contributed by atoms with E-state index < -0.39 is 0 Å². The van der Waals surface area contributed by atoms with Crippen molar-refractivity contribution in [2.75, 3.05) is 6.61 Å². The molecule has 2 aromatic carbocycles. The fraction of sp³-hybridized carbons (Fsp3) is 0.333. The maximum Gasteiger partial charge on any atom is 0.269 e. The molecule has 26 heavy (non-hydrogen) atoms. The summed E-state index contributed by atoms with van der Waals surface area (Å²) in [6.45, 7) is 8.55. The number of carbonyl (C=O) groups excluding carboxylic acids is 2. The number of aryl methyl sites for hydroxylation is 1. The van der Waals surface area contributed by atoms with E-state index in [1.807, 2.05) is 43.3 Å². The van der Waals surface area contributed by atoms with Crippen LogP contribution in [0.25, 0.3) is 0 Å². The van der Waals surface area contributed by atoms with Crippen LogP contribution in [0, 0.1) is 6.92 Å². The third-order valence-corrected chi connectivity index (χ3v) is 3.92. The summed E-state index contributed by atoms with van der Waals surface area (Å²) in [6, 6.07) is 15.0. The molecule has 0 aliphatic carbocycles. The summed E-state index contributed by atoms with van der Waals surface area (Å²) in [4.78, 5) is 23.9. The first kappa shape index (κ1) is 19.5. The Kier molecular flexibility index (Phi) is 6.39. The highest BCUT2D eigenvalue weighted by molar-refractivity contribution is 5.95. The largest absolute Gasteiger partial charge is 0.493 e. The van der Waals surface area contributed by atoms with E-state index in [0.717, 1.165) is 16.9 Å². The molecule has 2 aromatic rings. The van der Waals surface area contributed by atoms with Gasteiger partial charge in [0.15, 0.2) is 0 Å². The molecule has 0 aromatic heterocycles. The molecule has 0 radical (unpaired) electrons. The lowest BCUT2D eigenvalue weighted by atomic mass is 9.87. The van der Waals surface area contributed by atoms with Crippen LogP contribution in [0.4, 0.5) is 0 Å². The number of benzene rings is 2. The summed E-state index contributed by atoms with van der Waals surface area (Å²) in [5, 5.41) is 0. The van der Waals surface area contributed by atoms with Gasteiger partial charge < -0.3 is 4.74 Å². The second-order valence-electron chi connectivity index (χ2n) is 7.24. The van der Waals surface area contributed by atoms with Crippen LogP contribution in [0.15, 0.2) is 48.5 Å². The lowest BCUT2D eigenvalue weighted by Gasteiger charge is -2.19. The Balaban J connectivity index is 1.75. The first-order valence-corrected chi connectivity index (χ1v) is 8.65. The van der Waals surface area contributed by atoms with Crippen LogP contribution in [0.3, 0.4) is 0 Å². The molecule has 5 heteroatoms. The van der Waals surface area contributed by atoms with Gasteiger partial charge in [0.1, 0.15) is 5.75 Å². The molecule has 0 fully saturated rings. The molecule has 0 unspecified atom stereocenters. The summed E-state index contributed by atoms with van der Waals surface area (Å²) < 4.78 is 5.52. The number of amides is 2. The van der Waals surface area contributed by atoms with E-state index in [-0.39, 0.29) is 30.3 Å². The minimum atomic E-state index is -0.349. The fourth-order valence-corrected chi connectivity index (χ4v) is 2.35. The highest BCUT2D eigenvalue weighted by Gasteiger charge is 2.14. The molecule has 0 saturated carbocycles. The normalized spacial score (nSPS) is 10.9. The van der Waals surface area contributed by atoms with Crippen LogP contribution < -0.4 is 15.6 Å². The Morgan fingerprint density at radius 3 is 2.31 bits per heavy atom. The molecule has 0 aliphatic heterocycles. The maximum absolute atomic E-state index is 12.1. The van der Waals surface area contributed by atoms with E-state index in [0.29, 0.717) is 5.56 Å². The SMILES string of the molecule is Cc1cccc(OCCC(=O)NNC(=O)c2ccc(C(C)(C)C)cc2)c1. The van der Waals surface area contributed by atoms with Crippen molar-refractivity contribution in [1.82, 2.24) is 10.9 Å². The van der Waals surface area contributed by atoms with Crippen LogP contribution in [0.5, 0.6) is 5.75 Å². The van der Waals surface area contributed by atoms with E-state index in [4.69, 9.17) is 4.74 Å². The monoisotopic (exact) mass is 354 g/mol. The molecule has 0 heterocycles. The number of nitrogens with one attached hydrogen (secondary N) is 2. The quantitative estimate of drug-likeness (QED) is 0.807. The Bertz CT molecular complexity index is 762. The van der Waals surface area contributed by atoms with Gasteiger partial charge in [-0.1, -0.05) is 45.0 Å². The van der Waals surface area contributed by atoms with Gasteiger partial charge in [-0.05, 0) is 47.7 Å². The molecule has 2 amide bonds. The first-order valence-electron chi connectivity index (χ1n) is 8.65. The van der Waals surface area contributed by atoms with Gasteiger partial charge in [-0.3, -0.25) is 20.4 Å². The molecule has 5 nitrogen and oxygen atoms in total. The number of hydrazine groups is 1. The van der Waals surface area contributed by atoms with Gasteiger partial charge in [0.2, 0.25) is 5.91 Å². The predicted octanol–water partition coefficient (Wildman–Crippen LogP) is 3.52. The van der Waals surface area contributed by atoms with Crippen LogP contribution in [0.2, 0.25) is 0 Å². The standard InChI is InChI=1S/C21H26N2O3/c1-15-6-5-7-18(14-15)26-13-12-19(24)22-23-20(25)16-8-10-17(11-9-16)21(2,3)4/h5-11,14H,12-13H2,1-4H3,(H,22,24)(H,23,25). The average molecular weight is 354 g/mol. The Morgan fingerprint density at radius 1 is 1.00 bits per heavy atom. The number of rotatable bonds is 5. The van der Waals surface area contributed by atoms with Gasteiger partial charge in [0.05, 0.1) is 13.0 Å². The highest BCUT2D eigenvalue weighted by atomic mass is 16.5. The number of hydrogen-bond donors (Lipinski definition) is 2. The lowest BCUT2D eigenvalue weighted by molar-refractivity contribution is -0.122. The molecule has 2 N–H and O–H groups in total. The van der Waals surface area contributed by atoms with Gasteiger partial charge in [0, 0.05) is 5.56 Å². The topological polar surface area (TPSA) is 67.4 Å². The highest BCUT2D eigenvalue weighted by Crippen LogP contribution is 2.22. The van der Waals surface area contributed by atoms with Crippen LogP contribution in [-0.4, -0.2) is 18.4 Å². The average Bonchev–Trinajstić information content (AvgIpc) is 2.59. The third kappa shape index (κ3) is 5.92. The van der Waals surface area contributed by atoms with Crippen molar-refractivity contribution in [2.45, 2.75) is 39.5 Å². The molecule has 0 saturated heterocycles.